The summed E-state index contributed by atoms with van der Waals surface area (Å²) in [6.07, 6.45) is 1.61. The van der Waals surface area contributed by atoms with Crippen molar-refractivity contribution in [3.63, 3.8) is 0 Å². The molecule has 0 saturated carbocycles. The third kappa shape index (κ3) is 2.63. The molecule has 0 spiro atoms. The third-order valence-corrected chi connectivity index (χ3v) is 2.72. The van der Waals surface area contributed by atoms with Gasteiger partial charge in [-0.1, -0.05) is 10.4 Å². The maximum absolute atomic E-state index is 13.2. The average Bonchev–Trinajstić information content (AvgIpc) is 3.11. The quantitative estimate of drug-likeness (QED) is 0.777. The summed E-state index contributed by atoms with van der Waals surface area (Å²) in [4.78, 5) is 4.08. The lowest BCUT2D eigenvalue weighted by atomic mass is 10.2. The number of halogens is 2. The van der Waals surface area contributed by atoms with Crippen LogP contribution in [0.5, 0.6) is 0 Å². The summed E-state index contributed by atoms with van der Waals surface area (Å²) in [5.74, 6) is -1.64. The van der Waals surface area contributed by atoms with Crippen LogP contribution in [0.15, 0.2) is 28.9 Å². The van der Waals surface area contributed by atoms with Gasteiger partial charge in [0.05, 0.1) is 12.7 Å². The summed E-state index contributed by atoms with van der Waals surface area (Å²) < 4.78 is 32.7. The van der Waals surface area contributed by atoms with Gasteiger partial charge >= 0.3 is 0 Å². The van der Waals surface area contributed by atoms with E-state index in [1.165, 1.54) is 10.7 Å². The first-order valence-electron chi connectivity index (χ1n) is 6.07. The second-order valence-electron chi connectivity index (χ2n) is 4.21. The molecule has 7 nitrogen and oxygen atoms in total. The van der Waals surface area contributed by atoms with Crippen molar-refractivity contribution >= 4 is 0 Å². The molecular weight excluding hydrogens is 282 g/mol. The lowest BCUT2D eigenvalue weighted by molar-refractivity contribution is 0.431. The maximum atomic E-state index is 13.2. The van der Waals surface area contributed by atoms with Crippen LogP contribution in [0.4, 0.5) is 8.78 Å². The number of nitrogens with zero attached hydrogens (tertiary/aromatic N) is 5. The molecule has 0 atom stereocenters. The Morgan fingerprint density at radius 1 is 1.24 bits per heavy atom. The van der Waals surface area contributed by atoms with Gasteiger partial charge in [0, 0.05) is 12.1 Å². The Labute approximate surface area is 117 Å². The van der Waals surface area contributed by atoms with Crippen LogP contribution < -0.4 is 5.73 Å². The highest BCUT2D eigenvalue weighted by Gasteiger charge is 2.15. The highest BCUT2D eigenvalue weighted by molar-refractivity contribution is 5.57. The van der Waals surface area contributed by atoms with Crippen LogP contribution >= 0.6 is 0 Å². The molecule has 0 saturated heterocycles. The fourth-order valence-corrected chi connectivity index (χ4v) is 1.72. The molecule has 2 heterocycles. The van der Waals surface area contributed by atoms with E-state index in [0.29, 0.717) is 24.3 Å². The summed E-state index contributed by atoms with van der Waals surface area (Å²) in [7, 11) is 0. The molecule has 2 aromatic heterocycles. The van der Waals surface area contributed by atoms with E-state index in [1.54, 1.807) is 6.20 Å². The first-order chi connectivity index (χ1) is 10.2. The lowest BCUT2D eigenvalue weighted by Gasteiger charge is -1.95. The highest BCUT2D eigenvalue weighted by Crippen LogP contribution is 2.22. The predicted molar refractivity (Wildman–Crippen MR) is 67.7 cm³/mol. The molecule has 108 valence electrons. The van der Waals surface area contributed by atoms with Crippen LogP contribution in [0.25, 0.3) is 23.0 Å². The van der Waals surface area contributed by atoms with Crippen LogP contribution in [0.1, 0.15) is 0 Å². The van der Waals surface area contributed by atoms with Crippen LogP contribution in [0, 0.1) is 11.6 Å². The molecule has 0 fully saturated rings. The first-order valence-corrected chi connectivity index (χ1v) is 6.07. The van der Waals surface area contributed by atoms with Crippen LogP contribution in [0.2, 0.25) is 0 Å². The minimum atomic E-state index is -0.979. The van der Waals surface area contributed by atoms with Gasteiger partial charge in [-0.3, -0.25) is 4.68 Å². The Morgan fingerprint density at radius 3 is 2.86 bits per heavy atom. The third-order valence-electron chi connectivity index (χ3n) is 2.72. The van der Waals surface area contributed by atoms with Crippen molar-refractivity contribution < 1.29 is 13.3 Å². The van der Waals surface area contributed by atoms with Crippen molar-refractivity contribution in [1.82, 2.24) is 25.1 Å². The van der Waals surface area contributed by atoms with Crippen molar-refractivity contribution in [3.8, 4) is 23.0 Å². The van der Waals surface area contributed by atoms with Gasteiger partial charge in [-0.2, -0.15) is 4.98 Å². The molecular formula is C12H10F2N6O. The number of hydrogen-bond donors (Lipinski definition) is 1. The van der Waals surface area contributed by atoms with E-state index in [9.17, 15) is 8.78 Å². The minimum absolute atomic E-state index is 0.136. The number of hydrogen-bond acceptors (Lipinski definition) is 6. The zero-order chi connectivity index (χ0) is 14.8. The molecule has 21 heavy (non-hydrogen) atoms. The molecule has 0 aliphatic heterocycles. The second kappa shape index (κ2) is 5.37. The Kier molecular flexibility index (Phi) is 3.40. The van der Waals surface area contributed by atoms with Crippen LogP contribution in [-0.4, -0.2) is 31.7 Å². The molecule has 1 aromatic carbocycles. The molecule has 3 aromatic rings. The van der Waals surface area contributed by atoms with Gasteiger partial charge in [-0.05, 0) is 18.2 Å². The summed E-state index contributed by atoms with van der Waals surface area (Å²) in [5, 5.41) is 11.4. The lowest BCUT2D eigenvalue weighted by Crippen LogP contribution is -2.10. The average molecular weight is 292 g/mol. The van der Waals surface area contributed by atoms with E-state index in [1.807, 2.05) is 0 Å². The number of aromatic nitrogens is 5. The van der Waals surface area contributed by atoms with Crippen LogP contribution in [-0.2, 0) is 6.54 Å². The standard InChI is InChI=1S/C12H10F2N6O/c13-8-2-1-7(5-9(8)14)11-16-12(21-18-11)10-6-20(4-3-15)19-17-10/h1-2,5-6H,3-4,15H2. The normalized spacial score (nSPS) is 11.0. The van der Waals surface area contributed by atoms with Gasteiger partial charge < -0.3 is 10.3 Å². The summed E-state index contributed by atoms with van der Waals surface area (Å²) in [6, 6.07) is 3.35. The fraction of sp³-hybridized carbons (Fsp3) is 0.167. The number of rotatable bonds is 4. The molecule has 0 aliphatic carbocycles. The van der Waals surface area contributed by atoms with Crippen molar-refractivity contribution in [2.45, 2.75) is 6.54 Å². The molecule has 0 aliphatic rings. The van der Waals surface area contributed by atoms with Gasteiger partial charge in [0.2, 0.25) is 5.82 Å². The second-order valence-corrected chi connectivity index (χ2v) is 4.21. The first kappa shape index (κ1) is 13.3. The maximum Gasteiger partial charge on any atom is 0.280 e. The number of benzene rings is 1. The van der Waals surface area contributed by atoms with E-state index in [-0.39, 0.29) is 11.7 Å². The van der Waals surface area contributed by atoms with Gasteiger partial charge in [-0.15, -0.1) is 5.10 Å². The Morgan fingerprint density at radius 2 is 2.10 bits per heavy atom. The molecule has 0 radical (unpaired) electrons. The molecule has 0 amide bonds. The van der Waals surface area contributed by atoms with Gasteiger partial charge in [-0.25, -0.2) is 8.78 Å². The minimum Gasteiger partial charge on any atom is -0.332 e. The predicted octanol–water partition coefficient (Wildman–Crippen LogP) is 1.23. The SMILES string of the molecule is NCCn1cc(-c2nc(-c3ccc(F)c(F)c3)no2)nn1. The zero-order valence-corrected chi connectivity index (χ0v) is 10.7. The van der Waals surface area contributed by atoms with E-state index in [0.717, 1.165) is 12.1 Å². The van der Waals surface area contributed by atoms with E-state index >= 15 is 0 Å². The topological polar surface area (TPSA) is 95.7 Å². The largest absolute Gasteiger partial charge is 0.332 e. The molecule has 0 unspecified atom stereocenters. The summed E-state index contributed by atoms with van der Waals surface area (Å²) >= 11 is 0. The van der Waals surface area contributed by atoms with Gasteiger partial charge in [0.15, 0.2) is 17.3 Å². The summed E-state index contributed by atoms with van der Waals surface area (Å²) in [5.41, 5.74) is 6.09. The monoisotopic (exact) mass is 292 g/mol. The van der Waals surface area contributed by atoms with Gasteiger partial charge in [0.25, 0.3) is 5.89 Å². The zero-order valence-electron chi connectivity index (χ0n) is 10.7. The molecule has 3 rings (SSSR count). The van der Waals surface area contributed by atoms with E-state index in [4.69, 9.17) is 10.3 Å². The number of nitrogens with two attached hydrogens (primary N) is 1. The summed E-state index contributed by atoms with van der Waals surface area (Å²) in [6.45, 7) is 0.934. The van der Waals surface area contributed by atoms with Crippen LogP contribution in [0.3, 0.4) is 0 Å². The molecule has 9 heteroatoms. The smallest absolute Gasteiger partial charge is 0.280 e. The van der Waals surface area contributed by atoms with Gasteiger partial charge in [0.1, 0.15) is 0 Å². The Balaban J connectivity index is 1.89. The molecule has 0 bridgehead atoms. The highest BCUT2D eigenvalue weighted by atomic mass is 19.2. The fourth-order valence-electron chi connectivity index (χ4n) is 1.72. The Bertz CT molecular complexity index is 769. The molecule has 2 N–H and O–H groups in total. The van der Waals surface area contributed by atoms with Crippen molar-refractivity contribution in [1.29, 1.82) is 0 Å². The van der Waals surface area contributed by atoms with Crippen molar-refractivity contribution in [3.05, 3.63) is 36.0 Å². The van der Waals surface area contributed by atoms with E-state index < -0.39 is 11.6 Å². The van der Waals surface area contributed by atoms with Crippen molar-refractivity contribution in [2.75, 3.05) is 6.54 Å². The Hall–Kier alpha value is -2.68. The van der Waals surface area contributed by atoms with E-state index in [2.05, 4.69) is 20.5 Å². The van der Waals surface area contributed by atoms with Crippen molar-refractivity contribution in [2.24, 2.45) is 5.73 Å².